The summed E-state index contributed by atoms with van der Waals surface area (Å²) in [4.78, 5) is 2.05. The van der Waals surface area contributed by atoms with Gasteiger partial charge in [0.1, 0.15) is 0 Å². The van der Waals surface area contributed by atoms with Crippen molar-refractivity contribution in [2.24, 2.45) is 0 Å². The molecule has 4 heteroatoms. The normalized spacial score (nSPS) is 15.0. The van der Waals surface area contributed by atoms with Gasteiger partial charge in [-0.1, -0.05) is 6.58 Å². The fraction of sp³-hybridized carbons (Fsp3) is 0.273. The summed E-state index contributed by atoms with van der Waals surface area (Å²) in [7, 11) is 0. The van der Waals surface area contributed by atoms with Crippen LogP contribution in [0.15, 0.2) is 27.8 Å². The highest BCUT2D eigenvalue weighted by molar-refractivity contribution is 9.11. The maximum Gasteiger partial charge on any atom is 0.151 e. The zero-order valence-corrected chi connectivity index (χ0v) is 11.2. The van der Waals surface area contributed by atoms with Gasteiger partial charge in [-0.25, -0.2) is 4.39 Å². The minimum atomic E-state index is -0.223. The van der Waals surface area contributed by atoms with E-state index < -0.39 is 0 Å². The molecule has 2 rings (SSSR count). The Balaban J connectivity index is 2.63. The van der Waals surface area contributed by atoms with Crippen LogP contribution in [0.3, 0.4) is 0 Å². The number of halogens is 3. The van der Waals surface area contributed by atoms with E-state index in [1.165, 1.54) is 0 Å². The Kier molecular flexibility index (Phi) is 3.16. The van der Waals surface area contributed by atoms with E-state index in [-0.39, 0.29) is 5.82 Å². The number of anilines is 1. The molecule has 1 aliphatic heterocycles. The molecule has 0 radical (unpaired) electrons. The van der Waals surface area contributed by atoms with Gasteiger partial charge in [-0.2, -0.15) is 0 Å². The van der Waals surface area contributed by atoms with Gasteiger partial charge in [0.05, 0.1) is 8.95 Å². The second kappa shape index (κ2) is 4.26. The molecule has 0 bridgehead atoms. The van der Waals surface area contributed by atoms with Crippen LogP contribution in [0.5, 0.6) is 0 Å². The molecule has 0 N–H and O–H groups in total. The van der Waals surface area contributed by atoms with Crippen molar-refractivity contribution in [2.75, 3.05) is 11.4 Å². The van der Waals surface area contributed by atoms with Crippen molar-refractivity contribution < 1.29 is 4.39 Å². The first kappa shape index (κ1) is 11.1. The molecule has 1 nitrogen and oxygen atoms in total. The molecule has 0 amide bonds. The van der Waals surface area contributed by atoms with Crippen molar-refractivity contribution >= 4 is 37.5 Å². The van der Waals surface area contributed by atoms with E-state index in [9.17, 15) is 4.39 Å². The van der Waals surface area contributed by atoms with Crippen LogP contribution in [0.4, 0.5) is 10.1 Å². The molecule has 1 aliphatic rings. The van der Waals surface area contributed by atoms with Crippen LogP contribution < -0.4 is 4.90 Å². The minimum Gasteiger partial charge on any atom is -0.348 e. The van der Waals surface area contributed by atoms with Gasteiger partial charge in [0.2, 0.25) is 0 Å². The summed E-state index contributed by atoms with van der Waals surface area (Å²) in [6, 6.07) is 1.82. The number of nitrogens with zero attached hydrogens (tertiary/aromatic N) is 1. The molecule has 0 aromatic heterocycles. The van der Waals surface area contributed by atoms with Crippen molar-refractivity contribution in [1.29, 1.82) is 0 Å². The first-order valence-corrected chi connectivity index (χ1v) is 6.29. The van der Waals surface area contributed by atoms with Crippen LogP contribution in [0.2, 0.25) is 0 Å². The van der Waals surface area contributed by atoms with Crippen molar-refractivity contribution in [3.63, 3.8) is 0 Å². The van der Waals surface area contributed by atoms with E-state index in [0.29, 0.717) is 8.95 Å². The van der Waals surface area contributed by atoms with Crippen LogP contribution in [0, 0.1) is 5.82 Å². The molecule has 1 aromatic rings. The molecule has 0 saturated carbocycles. The lowest BCUT2D eigenvalue weighted by atomic mass is 10.0. The number of hydrogen-bond acceptors (Lipinski definition) is 1. The predicted molar refractivity (Wildman–Crippen MR) is 67.7 cm³/mol. The quantitative estimate of drug-likeness (QED) is 0.694. The Bertz CT molecular complexity index is 418. The third-order valence-electron chi connectivity index (χ3n) is 2.60. The summed E-state index contributed by atoms with van der Waals surface area (Å²) >= 11 is 6.52. The van der Waals surface area contributed by atoms with E-state index >= 15 is 0 Å². The first-order valence-electron chi connectivity index (χ1n) is 4.70. The maximum absolute atomic E-state index is 13.6. The Morgan fingerprint density at radius 2 is 2.20 bits per heavy atom. The Hall–Kier alpha value is -0.350. The first-order chi connectivity index (χ1) is 7.15. The van der Waals surface area contributed by atoms with Crippen LogP contribution in [-0.2, 0) is 6.42 Å². The molecule has 0 saturated heterocycles. The summed E-state index contributed by atoms with van der Waals surface area (Å²) in [5, 5.41) is 0. The molecular formula is C11H10Br2FN. The molecule has 15 heavy (non-hydrogen) atoms. The SMILES string of the molecule is C=CN1CCCc2c1cc(Br)c(F)c2Br. The number of benzene rings is 1. The van der Waals surface area contributed by atoms with Gasteiger partial charge in [0.25, 0.3) is 0 Å². The van der Waals surface area contributed by atoms with Crippen LogP contribution >= 0.6 is 31.9 Å². The zero-order chi connectivity index (χ0) is 11.0. The highest BCUT2D eigenvalue weighted by Crippen LogP contribution is 2.38. The Morgan fingerprint density at radius 1 is 1.47 bits per heavy atom. The van der Waals surface area contributed by atoms with E-state index in [1.807, 2.05) is 11.0 Å². The second-order valence-corrected chi connectivity index (χ2v) is 5.11. The van der Waals surface area contributed by atoms with Gasteiger partial charge in [-0.3, -0.25) is 0 Å². The minimum absolute atomic E-state index is 0.223. The summed E-state index contributed by atoms with van der Waals surface area (Å²) in [6.07, 6.45) is 3.72. The standard InChI is InChI=1S/C11H10Br2FN/c1-2-15-5-3-4-7-9(15)6-8(12)11(14)10(7)13/h2,6H,1,3-5H2. The van der Waals surface area contributed by atoms with E-state index in [4.69, 9.17) is 0 Å². The summed E-state index contributed by atoms with van der Waals surface area (Å²) in [6.45, 7) is 4.71. The maximum atomic E-state index is 13.6. The molecule has 0 aliphatic carbocycles. The van der Waals surface area contributed by atoms with Crippen molar-refractivity contribution in [1.82, 2.24) is 0 Å². The largest absolute Gasteiger partial charge is 0.348 e. The third kappa shape index (κ3) is 1.85. The van der Waals surface area contributed by atoms with Crippen LogP contribution in [0.25, 0.3) is 0 Å². The van der Waals surface area contributed by atoms with Crippen molar-refractivity contribution in [2.45, 2.75) is 12.8 Å². The lowest BCUT2D eigenvalue weighted by Crippen LogP contribution is -2.24. The molecule has 0 spiro atoms. The highest BCUT2D eigenvalue weighted by Gasteiger charge is 2.21. The fourth-order valence-electron chi connectivity index (χ4n) is 1.85. The molecule has 80 valence electrons. The Labute approximate surface area is 105 Å². The van der Waals surface area contributed by atoms with E-state index in [2.05, 4.69) is 38.4 Å². The predicted octanol–water partition coefficient (Wildman–Crippen LogP) is 4.25. The summed E-state index contributed by atoms with van der Waals surface area (Å²) in [5.74, 6) is -0.223. The lowest BCUT2D eigenvalue weighted by molar-refractivity contribution is 0.607. The smallest absolute Gasteiger partial charge is 0.151 e. The summed E-state index contributed by atoms with van der Waals surface area (Å²) < 4.78 is 14.7. The average Bonchev–Trinajstić information content (AvgIpc) is 2.25. The van der Waals surface area contributed by atoms with Gasteiger partial charge in [-0.05, 0) is 62.5 Å². The van der Waals surface area contributed by atoms with Gasteiger partial charge in [-0.15, -0.1) is 0 Å². The number of fused-ring (bicyclic) bond motifs is 1. The molecule has 0 fully saturated rings. The topological polar surface area (TPSA) is 3.24 Å². The van der Waals surface area contributed by atoms with Gasteiger partial charge in [0.15, 0.2) is 5.82 Å². The average molecular weight is 335 g/mol. The van der Waals surface area contributed by atoms with Gasteiger partial charge < -0.3 is 4.90 Å². The van der Waals surface area contributed by atoms with Crippen molar-refractivity contribution in [3.8, 4) is 0 Å². The Morgan fingerprint density at radius 3 is 2.87 bits per heavy atom. The molecule has 1 aromatic carbocycles. The molecule has 0 unspecified atom stereocenters. The van der Waals surface area contributed by atoms with Gasteiger partial charge >= 0.3 is 0 Å². The van der Waals surface area contributed by atoms with Crippen molar-refractivity contribution in [3.05, 3.63) is 39.2 Å². The number of rotatable bonds is 1. The third-order valence-corrected chi connectivity index (χ3v) is 4.00. The van der Waals surface area contributed by atoms with E-state index in [1.54, 1.807) is 6.20 Å². The molecule has 0 atom stereocenters. The van der Waals surface area contributed by atoms with Gasteiger partial charge in [0, 0.05) is 12.2 Å². The molecular weight excluding hydrogens is 325 g/mol. The molecule has 1 heterocycles. The van der Waals surface area contributed by atoms with Crippen LogP contribution in [-0.4, -0.2) is 6.54 Å². The number of hydrogen-bond donors (Lipinski definition) is 0. The highest BCUT2D eigenvalue weighted by atomic mass is 79.9. The van der Waals surface area contributed by atoms with Crippen LogP contribution in [0.1, 0.15) is 12.0 Å². The monoisotopic (exact) mass is 333 g/mol. The zero-order valence-electron chi connectivity index (χ0n) is 8.06. The van der Waals surface area contributed by atoms with E-state index in [0.717, 1.165) is 30.6 Å². The summed E-state index contributed by atoms with van der Waals surface area (Å²) in [5.41, 5.74) is 2.07. The lowest BCUT2D eigenvalue weighted by Gasteiger charge is -2.29. The fourth-order valence-corrected chi connectivity index (χ4v) is 3.15. The second-order valence-electron chi connectivity index (χ2n) is 3.46.